The molecule has 0 fully saturated rings. The topological polar surface area (TPSA) is 169 Å². The predicted molar refractivity (Wildman–Crippen MR) is 81.3 cm³/mol. The SMILES string of the molecule is CC(C)(C)OC(=O)N[C@@H](CCCCN=C(N)N[N+](=O)[O-])C(=O)O. The van der Waals surface area contributed by atoms with Crippen molar-refractivity contribution in [2.45, 2.75) is 51.7 Å². The Morgan fingerprint density at radius 1 is 1.39 bits per heavy atom. The number of hydrogen-bond acceptors (Lipinski definition) is 6. The summed E-state index contributed by atoms with van der Waals surface area (Å²) in [5, 5.41) is 20.6. The second-order valence-corrected chi connectivity index (χ2v) is 5.67. The summed E-state index contributed by atoms with van der Waals surface area (Å²) in [4.78, 5) is 36.4. The summed E-state index contributed by atoms with van der Waals surface area (Å²) in [7, 11) is 0. The molecule has 0 spiro atoms. The molecule has 0 unspecified atom stereocenters. The number of carboxylic acid groups (broad SMARTS) is 1. The second-order valence-electron chi connectivity index (χ2n) is 5.67. The highest BCUT2D eigenvalue weighted by molar-refractivity contribution is 5.80. The summed E-state index contributed by atoms with van der Waals surface area (Å²) < 4.78 is 4.99. The molecular weight excluding hydrogens is 310 g/mol. The summed E-state index contributed by atoms with van der Waals surface area (Å²) in [5.74, 6) is -1.49. The number of unbranched alkanes of at least 4 members (excludes halogenated alkanes) is 1. The molecule has 0 saturated heterocycles. The molecule has 0 aliphatic heterocycles. The highest BCUT2D eigenvalue weighted by Gasteiger charge is 2.23. The molecule has 11 heteroatoms. The molecule has 11 nitrogen and oxygen atoms in total. The minimum atomic E-state index is -1.17. The van der Waals surface area contributed by atoms with E-state index in [4.69, 9.17) is 15.6 Å². The number of hydrazine groups is 1. The Hall–Kier alpha value is -2.59. The van der Waals surface area contributed by atoms with E-state index in [1.165, 1.54) is 0 Å². The Balaban J connectivity index is 4.18. The van der Waals surface area contributed by atoms with Crippen molar-refractivity contribution in [3.8, 4) is 0 Å². The van der Waals surface area contributed by atoms with E-state index in [0.717, 1.165) is 0 Å². The van der Waals surface area contributed by atoms with Crippen molar-refractivity contribution in [1.82, 2.24) is 10.7 Å². The zero-order valence-corrected chi connectivity index (χ0v) is 13.4. The minimum absolute atomic E-state index is 0.173. The van der Waals surface area contributed by atoms with Crippen LogP contribution in [0.25, 0.3) is 0 Å². The largest absolute Gasteiger partial charge is 0.480 e. The Morgan fingerprint density at radius 2 is 2.00 bits per heavy atom. The van der Waals surface area contributed by atoms with E-state index in [2.05, 4.69) is 10.3 Å². The van der Waals surface area contributed by atoms with Gasteiger partial charge in [0.15, 0.2) is 5.03 Å². The summed E-state index contributed by atoms with van der Waals surface area (Å²) in [5.41, 5.74) is 6.19. The average molecular weight is 333 g/mol. The van der Waals surface area contributed by atoms with Gasteiger partial charge >= 0.3 is 12.1 Å². The fourth-order valence-corrected chi connectivity index (χ4v) is 1.50. The minimum Gasteiger partial charge on any atom is -0.480 e. The zero-order valence-electron chi connectivity index (χ0n) is 13.4. The van der Waals surface area contributed by atoms with Gasteiger partial charge in [0.2, 0.25) is 0 Å². The number of alkyl carbamates (subject to hydrolysis) is 1. The quantitative estimate of drug-likeness (QED) is 0.161. The first kappa shape index (κ1) is 20.4. The van der Waals surface area contributed by atoms with Crippen molar-refractivity contribution < 1.29 is 24.5 Å². The smallest absolute Gasteiger partial charge is 0.408 e. The highest BCUT2D eigenvalue weighted by Crippen LogP contribution is 2.08. The normalized spacial score (nSPS) is 13.1. The summed E-state index contributed by atoms with van der Waals surface area (Å²) in [6, 6.07) is -1.08. The van der Waals surface area contributed by atoms with Crippen molar-refractivity contribution in [2.24, 2.45) is 10.7 Å². The van der Waals surface area contributed by atoms with Gasteiger partial charge in [-0.1, -0.05) is 5.43 Å². The molecule has 0 aliphatic carbocycles. The molecule has 0 bridgehead atoms. The van der Waals surface area contributed by atoms with E-state index in [1.807, 2.05) is 0 Å². The number of aliphatic carboxylic acids is 1. The summed E-state index contributed by atoms with van der Waals surface area (Å²) >= 11 is 0. The molecular formula is C12H23N5O6. The first-order valence-electron chi connectivity index (χ1n) is 6.94. The van der Waals surface area contributed by atoms with Crippen LogP contribution in [0.2, 0.25) is 0 Å². The van der Waals surface area contributed by atoms with Crippen LogP contribution in [0.5, 0.6) is 0 Å². The zero-order chi connectivity index (χ0) is 18.0. The van der Waals surface area contributed by atoms with Crippen LogP contribution in [0.1, 0.15) is 40.0 Å². The number of rotatable bonds is 8. The average Bonchev–Trinajstić information content (AvgIpc) is 2.33. The molecule has 0 saturated carbocycles. The number of carbonyl (C=O) groups is 2. The van der Waals surface area contributed by atoms with Crippen molar-refractivity contribution in [3.05, 3.63) is 10.1 Å². The number of hydrogen-bond donors (Lipinski definition) is 4. The maximum Gasteiger partial charge on any atom is 0.408 e. The molecule has 0 rings (SSSR count). The number of carboxylic acids is 1. The van der Waals surface area contributed by atoms with Crippen LogP contribution < -0.4 is 16.5 Å². The Bertz CT molecular complexity index is 459. The van der Waals surface area contributed by atoms with E-state index in [0.29, 0.717) is 12.8 Å². The molecule has 5 N–H and O–H groups in total. The maximum atomic E-state index is 11.5. The molecule has 1 amide bonds. The van der Waals surface area contributed by atoms with E-state index in [1.54, 1.807) is 26.2 Å². The molecule has 23 heavy (non-hydrogen) atoms. The van der Waals surface area contributed by atoms with Crippen LogP contribution in [0.4, 0.5) is 4.79 Å². The van der Waals surface area contributed by atoms with Gasteiger partial charge in [0.05, 0.1) is 0 Å². The van der Waals surface area contributed by atoms with Gasteiger partial charge in [-0.2, -0.15) is 0 Å². The monoisotopic (exact) mass is 333 g/mol. The summed E-state index contributed by atoms with van der Waals surface area (Å²) in [6.45, 7) is 5.21. The first-order valence-corrected chi connectivity index (χ1v) is 6.94. The van der Waals surface area contributed by atoms with Crippen molar-refractivity contribution in [2.75, 3.05) is 6.54 Å². The van der Waals surface area contributed by atoms with E-state index in [-0.39, 0.29) is 18.9 Å². The molecule has 0 aromatic rings. The Labute approximate surface area is 133 Å². The highest BCUT2D eigenvalue weighted by atomic mass is 16.7. The number of carbonyl (C=O) groups excluding carboxylic acids is 1. The lowest BCUT2D eigenvalue weighted by atomic mass is 10.1. The van der Waals surface area contributed by atoms with Gasteiger partial charge in [-0.3, -0.25) is 0 Å². The Morgan fingerprint density at radius 3 is 2.48 bits per heavy atom. The van der Waals surface area contributed by atoms with Gasteiger partial charge in [-0.05, 0) is 40.0 Å². The number of amides is 1. The van der Waals surface area contributed by atoms with Crippen molar-refractivity contribution in [3.63, 3.8) is 0 Å². The predicted octanol–water partition coefficient (Wildman–Crippen LogP) is 0.231. The molecule has 0 aliphatic rings. The van der Waals surface area contributed by atoms with Gasteiger partial charge in [0.25, 0.3) is 5.96 Å². The van der Waals surface area contributed by atoms with Gasteiger partial charge in [-0.15, -0.1) is 0 Å². The van der Waals surface area contributed by atoms with Gasteiger partial charge < -0.3 is 20.9 Å². The van der Waals surface area contributed by atoms with Crippen LogP contribution in [-0.2, 0) is 9.53 Å². The standard InChI is InChI=1S/C12H23N5O6/c1-12(2,3)23-11(20)15-8(9(18)19)6-4-5-7-14-10(13)16-17(21)22/h8H,4-7H2,1-3H3,(H,15,20)(H,18,19)(H3,13,14,16)/t8-/m0/s1. The van der Waals surface area contributed by atoms with Crippen LogP contribution in [0.3, 0.4) is 0 Å². The van der Waals surface area contributed by atoms with Crippen LogP contribution >= 0.6 is 0 Å². The van der Waals surface area contributed by atoms with Crippen molar-refractivity contribution in [1.29, 1.82) is 0 Å². The number of ether oxygens (including phenoxy) is 1. The summed E-state index contributed by atoms with van der Waals surface area (Å²) in [6.07, 6.45) is 0.261. The molecule has 0 heterocycles. The first-order chi connectivity index (χ1) is 10.5. The van der Waals surface area contributed by atoms with E-state index >= 15 is 0 Å². The fraction of sp³-hybridized carbons (Fsp3) is 0.750. The Kier molecular flexibility index (Phi) is 8.37. The van der Waals surface area contributed by atoms with Crippen LogP contribution in [-0.4, -0.2) is 46.3 Å². The van der Waals surface area contributed by atoms with Crippen molar-refractivity contribution >= 4 is 18.0 Å². The number of nitrogens with two attached hydrogens (primary N) is 1. The third kappa shape index (κ3) is 11.7. The fourth-order valence-electron chi connectivity index (χ4n) is 1.50. The number of guanidine groups is 1. The van der Waals surface area contributed by atoms with E-state index < -0.39 is 28.7 Å². The number of nitrogens with zero attached hydrogens (tertiary/aromatic N) is 2. The molecule has 132 valence electrons. The third-order valence-electron chi connectivity index (χ3n) is 2.38. The molecule has 0 radical (unpaired) electrons. The van der Waals surface area contributed by atoms with Crippen LogP contribution in [0, 0.1) is 10.1 Å². The lowest BCUT2D eigenvalue weighted by Crippen LogP contribution is -2.43. The van der Waals surface area contributed by atoms with Gasteiger partial charge in [-0.25, -0.2) is 24.7 Å². The van der Waals surface area contributed by atoms with E-state index in [9.17, 15) is 19.7 Å². The van der Waals surface area contributed by atoms with Crippen LogP contribution in [0.15, 0.2) is 4.99 Å². The van der Waals surface area contributed by atoms with Gasteiger partial charge in [0, 0.05) is 6.54 Å². The van der Waals surface area contributed by atoms with Gasteiger partial charge in [0.1, 0.15) is 11.6 Å². The number of nitro groups is 1. The lowest BCUT2D eigenvalue weighted by Gasteiger charge is -2.21. The lowest BCUT2D eigenvalue weighted by molar-refractivity contribution is -0.525. The molecule has 0 aromatic carbocycles. The number of nitrogens with one attached hydrogen (secondary N) is 2. The third-order valence-corrected chi connectivity index (χ3v) is 2.38. The molecule has 0 aromatic heterocycles. The maximum absolute atomic E-state index is 11.5. The second kappa shape index (κ2) is 9.43. The number of aliphatic imine (C=N–C) groups is 1. The molecule has 1 atom stereocenters.